The van der Waals surface area contributed by atoms with Crippen molar-refractivity contribution in [3.63, 3.8) is 0 Å². The highest BCUT2D eigenvalue weighted by atomic mass is 32.1. The topological polar surface area (TPSA) is 76.7 Å². The van der Waals surface area contributed by atoms with Gasteiger partial charge in [0, 0.05) is 5.56 Å². The number of methoxy groups -OCH3 is 2. The van der Waals surface area contributed by atoms with Crippen LogP contribution in [0.25, 0.3) is 16.8 Å². The Balaban J connectivity index is 2.23. The summed E-state index contributed by atoms with van der Waals surface area (Å²) in [5.74, 6) is 0.0996. The van der Waals surface area contributed by atoms with E-state index in [4.69, 9.17) is 21.7 Å². The van der Waals surface area contributed by atoms with Crippen LogP contribution in [0.3, 0.4) is 0 Å². The van der Waals surface area contributed by atoms with Crippen LogP contribution in [0.4, 0.5) is 0 Å². The molecule has 0 atom stereocenters. The van der Waals surface area contributed by atoms with Crippen LogP contribution in [0, 0.1) is 0 Å². The predicted octanol–water partition coefficient (Wildman–Crippen LogP) is 1.77. The summed E-state index contributed by atoms with van der Waals surface area (Å²) in [6.45, 7) is 0. The van der Waals surface area contributed by atoms with Gasteiger partial charge in [-0.2, -0.15) is 0 Å². The minimum absolute atomic E-state index is 0.00583. The normalized spacial score (nSPS) is 14.2. The molecule has 6 nitrogen and oxygen atoms in total. The van der Waals surface area contributed by atoms with Crippen LogP contribution in [0.15, 0.2) is 35.9 Å². The maximum Gasteiger partial charge on any atom is 0.263 e. The fraction of sp³-hybridized carbons (Fsp3) is 0.118. The van der Waals surface area contributed by atoms with Gasteiger partial charge in [-0.15, -0.1) is 0 Å². The number of ether oxygens (including phenoxy) is 2. The molecule has 2 amide bonds. The minimum Gasteiger partial charge on any atom is -0.497 e. The molecule has 0 aromatic heterocycles. The maximum absolute atomic E-state index is 12.1. The third-order valence-electron chi connectivity index (χ3n) is 3.68. The van der Waals surface area contributed by atoms with Crippen molar-refractivity contribution in [1.29, 1.82) is 0 Å². The van der Waals surface area contributed by atoms with Crippen LogP contribution in [0.1, 0.15) is 5.56 Å². The first-order valence-corrected chi connectivity index (χ1v) is 7.47. The smallest absolute Gasteiger partial charge is 0.263 e. The van der Waals surface area contributed by atoms with E-state index in [9.17, 15) is 9.59 Å². The summed E-state index contributed by atoms with van der Waals surface area (Å²) in [6, 6.07) is 9.24. The van der Waals surface area contributed by atoms with Crippen LogP contribution in [-0.4, -0.2) is 31.1 Å². The SMILES string of the molecule is COc1ccc2ccc(OC)c(C=C3C(=O)NC(=S)NC3=O)c2c1. The molecule has 7 heteroatoms. The minimum atomic E-state index is -0.550. The number of nitrogens with one attached hydrogen (secondary N) is 2. The van der Waals surface area contributed by atoms with Crippen LogP contribution in [0.2, 0.25) is 0 Å². The Morgan fingerprint density at radius 3 is 2.29 bits per heavy atom. The average molecular weight is 342 g/mol. The molecule has 0 unspecified atom stereocenters. The number of benzene rings is 2. The Kier molecular flexibility index (Phi) is 4.18. The van der Waals surface area contributed by atoms with Crippen molar-refractivity contribution >= 4 is 46.0 Å². The molecule has 0 radical (unpaired) electrons. The van der Waals surface area contributed by atoms with Gasteiger partial charge < -0.3 is 9.47 Å². The molecule has 3 rings (SSSR count). The van der Waals surface area contributed by atoms with E-state index in [1.807, 2.05) is 24.3 Å². The molecule has 0 saturated carbocycles. The third-order valence-corrected chi connectivity index (χ3v) is 3.89. The highest BCUT2D eigenvalue weighted by molar-refractivity contribution is 7.80. The molecule has 1 heterocycles. The van der Waals surface area contributed by atoms with Gasteiger partial charge in [-0.1, -0.05) is 12.1 Å². The third kappa shape index (κ3) is 2.81. The van der Waals surface area contributed by atoms with Gasteiger partial charge in [0.15, 0.2) is 5.11 Å². The number of hydrogen-bond donors (Lipinski definition) is 2. The van der Waals surface area contributed by atoms with E-state index in [1.165, 1.54) is 13.2 Å². The standard InChI is InChI=1S/C17H14N2O4S/c1-22-10-5-3-9-4-6-14(23-2)12(11(9)7-10)8-13-15(20)18-17(24)19-16(13)21/h3-8H,1-2H3,(H2,18,19,20,21,24). The van der Waals surface area contributed by atoms with Crippen LogP contribution in [0.5, 0.6) is 11.5 Å². The Morgan fingerprint density at radius 2 is 1.67 bits per heavy atom. The van der Waals surface area contributed by atoms with E-state index in [1.54, 1.807) is 13.2 Å². The second-order valence-corrected chi connectivity index (χ2v) is 5.47. The van der Waals surface area contributed by atoms with Gasteiger partial charge in [0.1, 0.15) is 17.1 Å². The summed E-state index contributed by atoms with van der Waals surface area (Å²) >= 11 is 4.80. The molecule has 122 valence electrons. The predicted molar refractivity (Wildman–Crippen MR) is 93.9 cm³/mol. The molecule has 1 fully saturated rings. The van der Waals surface area contributed by atoms with E-state index in [0.717, 1.165) is 10.8 Å². The molecule has 0 aliphatic carbocycles. The first-order chi connectivity index (χ1) is 11.5. The average Bonchev–Trinajstić information content (AvgIpc) is 2.57. The zero-order valence-electron chi connectivity index (χ0n) is 13.0. The summed E-state index contributed by atoms with van der Waals surface area (Å²) < 4.78 is 10.6. The van der Waals surface area contributed by atoms with Gasteiger partial charge in [-0.25, -0.2) is 0 Å². The molecular formula is C17H14N2O4S. The highest BCUT2D eigenvalue weighted by Crippen LogP contribution is 2.32. The van der Waals surface area contributed by atoms with E-state index < -0.39 is 11.8 Å². The fourth-order valence-corrected chi connectivity index (χ4v) is 2.69. The van der Waals surface area contributed by atoms with Crippen LogP contribution < -0.4 is 20.1 Å². The zero-order valence-corrected chi connectivity index (χ0v) is 13.8. The van der Waals surface area contributed by atoms with Crippen molar-refractivity contribution in [3.05, 3.63) is 41.5 Å². The van der Waals surface area contributed by atoms with Crippen molar-refractivity contribution < 1.29 is 19.1 Å². The summed E-state index contributed by atoms with van der Waals surface area (Å²) in [5, 5.41) is 6.55. The van der Waals surface area contributed by atoms with Crippen LogP contribution in [-0.2, 0) is 9.59 Å². The zero-order chi connectivity index (χ0) is 17.3. The number of thiocarbonyl (C=S) groups is 1. The number of hydrogen-bond acceptors (Lipinski definition) is 5. The summed E-state index contributed by atoms with van der Waals surface area (Å²) in [5.41, 5.74) is 0.569. The van der Waals surface area contributed by atoms with Crippen molar-refractivity contribution in [3.8, 4) is 11.5 Å². The number of carbonyl (C=O) groups is 2. The Labute approximate surface area is 143 Å². The van der Waals surface area contributed by atoms with E-state index in [0.29, 0.717) is 17.1 Å². The fourth-order valence-electron chi connectivity index (χ4n) is 2.51. The van der Waals surface area contributed by atoms with Crippen LogP contribution >= 0.6 is 12.2 Å². The van der Waals surface area contributed by atoms with E-state index >= 15 is 0 Å². The van der Waals surface area contributed by atoms with Crippen molar-refractivity contribution in [2.75, 3.05) is 14.2 Å². The molecule has 24 heavy (non-hydrogen) atoms. The molecule has 1 saturated heterocycles. The Bertz CT molecular complexity index is 878. The molecule has 1 aliphatic heterocycles. The summed E-state index contributed by atoms with van der Waals surface area (Å²) in [4.78, 5) is 24.2. The molecule has 2 aromatic carbocycles. The lowest BCUT2D eigenvalue weighted by molar-refractivity contribution is -0.123. The molecule has 2 aromatic rings. The first kappa shape index (κ1) is 15.9. The lowest BCUT2D eigenvalue weighted by Gasteiger charge is -2.17. The van der Waals surface area contributed by atoms with Gasteiger partial charge in [-0.3, -0.25) is 20.2 Å². The molecule has 2 N–H and O–H groups in total. The highest BCUT2D eigenvalue weighted by Gasteiger charge is 2.26. The second-order valence-electron chi connectivity index (χ2n) is 5.06. The number of amides is 2. The van der Waals surface area contributed by atoms with Crippen molar-refractivity contribution in [2.45, 2.75) is 0 Å². The molecule has 0 spiro atoms. The number of fused-ring (bicyclic) bond motifs is 1. The Morgan fingerprint density at radius 1 is 1.00 bits per heavy atom. The largest absolute Gasteiger partial charge is 0.497 e. The summed E-state index contributed by atoms with van der Waals surface area (Å²) in [7, 11) is 3.10. The van der Waals surface area contributed by atoms with Gasteiger partial charge in [0.05, 0.1) is 14.2 Å². The summed E-state index contributed by atoms with van der Waals surface area (Å²) in [6.07, 6.45) is 1.49. The van der Waals surface area contributed by atoms with Gasteiger partial charge in [-0.05, 0) is 47.3 Å². The van der Waals surface area contributed by atoms with E-state index in [2.05, 4.69) is 10.6 Å². The molecule has 0 bridgehead atoms. The van der Waals surface area contributed by atoms with Crippen molar-refractivity contribution in [1.82, 2.24) is 10.6 Å². The monoisotopic (exact) mass is 342 g/mol. The maximum atomic E-state index is 12.1. The second kappa shape index (κ2) is 6.29. The van der Waals surface area contributed by atoms with Gasteiger partial charge >= 0.3 is 0 Å². The lowest BCUT2D eigenvalue weighted by atomic mass is 10.00. The van der Waals surface area contributed by atoms with Gasteiger partial charge in [0.2, 0.25) is 0 Å². The number of rotatable bonds is 3. The van der Waals surface area contributed by atoms with E-state index in [-0.39, 0.29) is 10.7 Å². The van der Waals surface area contributed by atoms with Crippen molar-refractivity contribution in [2.24, 2.45) is 0 Å². The molecular weight excluding hydrogens is 328 g/mol. The molecule has 1 aliphatic rings. The number of carbonyl (C=O) groups excluding carboxylic acids is 2. The van der Waals surface area contributed by atoms with Gasteiger partial charge in [0.25, 0.3) is 11.8 Å². The Hall–Kier alpha value is -2.93. The lowest BCUT2D eigenvalue weighted by Crippen LogP contribution is -2.51. The first-order valence-electron chi connectivity index (χ1n) is 7.06. The quantitative estimate of drug-likeness (QED) is 0.505.